The van der Waals surface area contributed by atoms with E-state index in [0.29, 0.717) is 22.4 Å². The average molecular weight is 444 g/mol. The zero-order valence-electron chi connectivity index (χ0n) is 20.6. The number of aryl methyl sites for hydroxylation is 1. The number of benzene rings is 3. The third-order valence-electron chi connectivity index (χ3n) is 5.84. The summed E-state index contributed by atoms with van der Waals surface area (Å²) in [5.74, 6) is 0.715. The smallest absolute Gasteiger partial charge is 0.255 e. The average Bonchev–Trinajstić information content (AvgIpc) is 2.77. The molecule has 0 aliphatic rings. The lowest BCUT2D eigenvalue weighted by Gasteiger charge is -2.19. The van der Waals surface area contributed by atoms with Gasteiger partial charge in [0, 0.05) is 22.4 Å². The Morgan fingerprint density at radius 1 is 0.909 bits per heavy atom. The van der Waals surface area contributed by atoms with E-state index in [-0.39, 0.29) is 23.0 Å². The highest BCUT2D eigenvalue weighted by Crippen LogP contribution is 2.30. The molecule has 0 saturated heterocycles. The fraction of sp³-hybridized carbons (Fsp3) is 0.310. The van der Waals surface area contributed by atoms with E-state index in [4.69, 9.17) is 4.74 Å². The van der Waals surface area contributed by atoms with Crippen LogP contribution in [0.25, 0.3) is 0 Å². The predicted octanol–water partition coefficient (Wildman–Crippen LogP) is 6.91. The van der Waals surface area contributed by atoms with Crippen molar-refractivity contribution in [2.75, 3.05) is 12.4 Å². The maximum Gasteiger partial charge on any atom is 0.255 e. The van der Waals surface area contributed by atoms with Crippen molar-refractivity contribution in [1.29, 1.82) is 0 Å². The minimum atomic E-state index is -0.212. The van der Waals surface area contributed by atoms with Crippen LogP contribution in [0.5, 0.6) is 5.75 Å². The lowest BCUT2D eigenvalue weighted by Crippen LogP contribution is -2.15. The van der Waals surface area contributed by atoms with Crippen LogP contribution in [0.4, 0.5) is 5.69 Å². The summed E-state index contributed by atoms with van der Waals surface area (Å²) in [5, 5.41) is 2.95. The molecule has 3 aromatic rings. The number of anilines is 1. The van der Waals surface area contributed by atoms with Gasteiger partial charge in [0.05, 0.1) is 7.11 Å². The van der Waals surface area contributed by atoms with Crippen LogP contribution in [0.15, 0.2) is 60.7 Å². The van der Waals surface area contributed by atoms with Crippen molar-refractivity contribution in [3.8, 4) is 5.75 Å². The van der Waals surface area contributed by atoms with Crippen LogP contribution < -0.4 is 10.1 Å². The summed E-state index contributed by atoms with van der Waals surface area (Å²) in [7, 11) is 1.64. The summed E-state index contributed by atoms with van der Waals surface area (Å²) >= 11 is 0. The van der Waals surface area contributed by atoms with Gasteiger partial charge in [0.25, 0.3) is 5.91 Å². The van der Waals surface area contributed by atoms with Crippen molar-refractivity contribution in [3.63, 3.8) is 0 Å². The molecule has 1 amide bonds. The van der Waals surface area contributed by atoms with Crippen molar-refractivity contribution < 1.29 is 14.3 Å². The second-order valence-corrected chi connectivity index (χ2v) is 9.76. The van der Waals surface area contributed by atoms with Gasteiger partial charge in [-0.15, -0.1) is 0 Å². The number of rotatable bonds is 6. The number of carbonyl (C=O) groups is 2. The van der Waals surface area contributed by atoms with Gasteiger partial charge in [0.15, 0.2) is 5.78 Å². The number of amides is 1. The highest BCUT2D eigenvalue weighted by Gasteiger charge is 2.18. The summed E-state index contributed by atoms with van der Waals surface area (Å²) in [6.07, 6.45) is 0. The zero-order valence-corrected chi connectivity index (χ0v) is 20.6. The van der Waals surface area contributed by atoms with Crippen molar-refractivity contribution in [2.45, 2.75) is 52.9 Å². The number of carbonyl (C=O) groups excluding carboxylic acids is 2. The summed E-state index contributed by atoms with van der Waals surface area (Å²) in [4.78, 5) is 26.1. The molecule has 172 valence electrons. The molecule has 1 N–H and O–H groups in total. The first-order chi connectivity index (χ1) is 15.5. The van der Waals surface area contributed by atoms with Gasteiger partial charge in [-0.05, 0) is 59.2 Å². The Morgan fingerprint density at radius 3 is 2.15 bits per heavy atom. The molecule has 0 unspecified atom stereocenters. The monoisotopic (exact) mass is 443 g/mol. The maximum absolute atomic E-state index is 13.1. The minimum Gasteiger partial charge on any atom is -0.496 e. The molecule has 0 aliphatic heterocycles. The molecule has 3 rings (SSSR count). The largest absolute Gasteiger partial charge is 0.496 e. The van der Waals surface area contributed by atoms with Gasteiger partial charge in [0.2, 0.25) is 0 Å². The number of methoxy groups -OCH3 is 1. The van der Waals surface area contributed by atoms with Crippen LogP contribution in [-0.4, -0.2) is 18.8 Å². The Morgan fingerprint density at radius 2 is 1.58 bits per heavy atom. The zero-order chi connectivity index (χ0) is 24.3. The third kappa shape index (κ3) is 5.51. The summed E-state index contributed by atoms with van der Waals surface area (Å²) in [6.45, 7) is 12.5. The Balaban J connectivity index is 1.84. The molecular weight excluding hydrogens is 410 g/mol. The second-order valence-electron chi connectivity index (χ2n) is 9.76. The molecule has 0 aromatic heterocycles. The topological polar surface area (TPSA) is 55.4 Å². The molecule has 0 heterocycles. The number of hydrogen-bond donors (Lipinski definition) is 1. The van der Waals surface area contributed by atoms with E-state index in [1.807, 2.05) is 43.3 Å². The fourth-order valence-corrected chi connectivity index (χ4v) is 3.80. The number of ketones is 1. The second kappa shape index (κ2) is 9.62. The summed E-state index contributed by atoms with van der Waals surface area (Å²) in [6, 6.07) is 18.6. The highest BCUT2D eigenvalue weighted by molar-refractivity contribution is 6.10. The number of ether oxygens (including phenoxy) is 1. The van der Waals surface area contributed by atoms with Crippen LogP contribution in [0, 0.1) is 6.92 Å². The Labute approximate surface area is 197 Å². The van der Waals surface area contributed by atoms with Crippen molar-refractivity contribution in [1.82, 2.24) is 0 Å². The standard InChI is InChI=1S/C29H33NO3/c1-18(2)24-17-25(19(3)15-26(24)33-7)28(32)30-23-10-8-9-21(16-23)27(31)20-11-13-22(14-12-20)29(4,5)6/h8-18H,1-7H3,(H,30,32). The normalized spacial score (nSPS) is 11.4. The van der Waals surface area contributed by atoms with Crippen LogP contribution in [0.1, 0.15) is 83.5 Å². The SMILES string of the molecule is COc1cc(C)c(C(=O)Nc2cccc(C(=O)c3ccc(C(C)(C)C)cc3)c2)cc1C(C)C. The van der Waals surface area contributed by atoms with Crippen LogP contribution in [-0.2, 0) is 5.41 Å². The van der Waals surface area contributed by atoms with Gasteiger partial charge in [-0.25, -0.2) is 0 Å². The number of nitrogens with one attached hydrogen (secondary N) is 1. The molecular formula is C29H33NO3. The van der Waals surface area contributed by atoms with E-state index in [9.17, 15) is 9.59 Å². The Hall–Kier alpha value is -3.40. The third-order valence-corrected chi connectivity index (χ3v) is 5.84. The number of hydrogen-bond acceptors (Lipinski definition) is 3. The molecule has 0 spiro atoms. The van der Waals surface area contributed by atoms with Gasteiger partial charge in [0.1, 0.15) is 5.75 Å². The van der Waals surface area contributed by atoms with Gasteiger partial charge in [-0.1, -0.05) is 71.0 Å². The van der Waals surface area contributed by atoms with E-state index < -0.39 is 0 Å². The van der Waals surface area contributed by atoms with Crippen LogP contribution in [0.2, 0.25) is 0 Å². The maximum atomic E-state index is 13.1. The predicted molar refractivity (Wildman–Crippen MR) is 135 cm³/mol. The van der Waals surface area contributed by atoms with Gasteiger partial charge in [-0.2, -0.15) is 0 Å². The first kappa shape index (κ1) is 24.2. The highest BCUT2D eigenvalue weighted by atomic mass is 16.5. The van der Waals surface area contributed by atoms with Crippen LogP contribution in [0.3, 0.4) is 0 Å². The summed E-state index contributed by atoms with van der Waals surface area (Å²) < 4.78 is 5.48. The molecule has 3 aromatic carbocycles. The van der Waals surface area contributed by atoms with E-state index in [1.165, 1.54) is 5.56 Å². The molecule has 0 aliphatic carbocycles. The molecule has 0 saturated carbocycles. The lowest BCUT2D eigenvalue weighted by molar-refractivity contribution is 0.102. The van der Waals surface area contributed by atoms with E-state index >= 15 is 0 Å². The van der Waals surface area contributed by atoms with Crippen LogP contribution >= 0.6 is 0 Å². The molecule has 4 heteroatoms. The molecule has 0 radical (unpaired) electrons. The molecule has 4 nitrogen and oxygen atoms in total. The Kier molecular flexibility index (Phi) is 7.06. The van der Waals surface area contributed by atoms with E-state index in [1.54, 1.807) is 31.4 Å². The van der Waals surface area contributed by atoms with Gasteiger partial charge in [-0.3, -0.25) is 9.59 Å². The minimum absolute atomic E-state index is 0.0286. The fourth-order valence-electron chi connectivity index (χ4n) is 3.80. The molecule has 0 fully saturated rings. The molecule has 0 atom stereocenters. The van der Waals surface area contributed by atoms with E-state index in [2.05, 4.69) is 39.9 Å². The molecule has 33 heavy (non-hydrogen) atoms. The van der Waals surface area contributed by atoms with E-state index in [0.717, 1.165) is 16.9 Å². The van der Waals surface area contributed by atoms with Gasteiger partial charge >= 0.3 is 0 Å². The van der Waals surface area contributed by atoms with Gasteiger partial charge < -0.3 is 10.1 Å². The first-order valence-corrected chi connectivity index (χ1v) is 11.3. The Bertz CT molecular complexity index is 1170. The summed E-state index contributed by atoms with van der Waals surface area (Å²) in [5.41, 5.74) is 5.35. The van der Waals surface area contributed by atoms with Crippen molar-refractivity contribution in [2.24, 2.45) is 0 Å². The first-order valence-electron chi connectivity index (χ1n) is 11.3. The quantitative estimate of drug-likeness (QED) is 0.421. The molecule has 0 bridgehead atoms. The van der Waals surface area contributed by atoms with Crippen molar-refractivity contribution in [3.05, 3.63) is 94.0 Å². The lowest BCUT2D eigenvalue weighted by atomic mass is 9.86. The van der Waals surface area contributed by atoms with Crippen molar-refractivity contribution >= 4 is 17.4 Å².